The average molecular weight is 416 g/mol. The molecule has 2 amide bonds. The van der Waals surface area contributed by atoms with Gasteiger partial charge in [0, 0.05) is 0 Å². The first kappa shape index (κ1) is 21.3. The molecule has 1 fully saturated rings. The minimum atomic E-state index is -0.519. The van der Waals surface area contributed by atoms with E-state index >= 15 is 0 Å². The molecule has 0 aliphatic carbocycles. The number of aryl methyl sites for hydroxylation is 1. The monoisotopic (exact) mass is 415 g/mol. The molecule has 1 aromatic heterocycles. The molecule has 156 valence electrons. The van der Waals surface area contributed by atoms with Gasteiger partial charge in [0.25, 0.3) is 5.91 Å². The predicted octanol–water partition coefficient (Wildman–Crippen LogP) is 3.53. The summed E-state index contributed by atoms with van der Waals surface area (Å²) in [5.41, 5.74) is 7.04. The number of benzene rings is 1. The summed E-state index contributed by atoms with van der Waals surface area (Å²) in [4.78, 5) is 25.9. The minimum Gasteiger partial charge on any atom is -0.494 e. The average Bonchev–Trinajstić information content (AvgIpc) is 3.17. The second kappa shape index (κ2) is 10.4. The number of hydrogen-bond acceptors (Lipinski definition) is 5. The summed E-state index contributed by atoms with van der Waals surface area (Å²) in [5, 5.41) is 5.11. The van der Waals surface area contributed by atoms with Crippen LogP contribution >= 0.6 is 11.3 Å². The Kier molecular flexibility index (Phi) is 7.66. The van der Waals surface area contributed by atoms with Crippen LogP contribution in [-0.2, 0) is 11.2 Å². The van der Waals surface area contributed by atoms with Crippen molar-refractivity contribution in [1.29, 1.82) is 0 Å². The van der Waals surface area contributed by atoms with Crippen LogP contribution in [0.1, 0.15) is 42.1 Å². The van der Waals surface area contributed by atoms with Crippen LogP contribution in [0.2, 0.25) is 0 Å². The van der Waals surface area contributed by atoms with Gasteiger partial charge in [0.1, 0.15) is 10.8 Å². The lowest BCUT2D eigenvalue weighted by molar-refractivity contribution is -0.117. The molecule has 2 aromatic rings. The van der Waals surface area contributed by atoms with Gasteiger partial charge in [0.15, 0.2) is 0 Å². The zero-order valence-electron chi connectivity index (χ0n) is 16.9. The summed E-state index contributed by atoms with van der Waals surface area (Å²) >= 11 is 1.32. The number of primary amides is 1. The standard InChI is InChI=1S/C22H29N3O3S/c1-2-28-18-7-5-16(6-8-18)3-4-17-9-12-25(13-10-17)15-20(26)24-22-19(21(23)27)11-14-29-22/h5-8,11,14,17H,2-4,9-10,12-13,15H2,1H3,(H2,23,27)(H,24,26). The summed E-state index contributed by atoms with van der Waals surface area (Å²) in [6.45, 7) is 4.88. The SMILES string of the molecule is CCOc1ccc(CCC2CCN(CC(=O)Nc3sccc3C(N)=O)CC2)cc1. The van der Waals surface area contributed by atoms with E-state index in [2.05, 4.69) is 22.3 Å². The van der Waals surface area contributed by atoms with Gasteiger partial charge in [-0.1, -0.05) is 12.1 Å². The number of likely N-dealkylation sites (tertiary alicyclic amines) is 1. The van der Waals surface area contributed by atoms with Crippen molar-refractivity contribution in [3.8, 4) is 5.75 Å². The Bertz CT molecular complexity index is 811. The van der Waals surface area contributed by atoms with Crippen LogP contribution in [0.25, 0.3) is 0 Å². The van der Waals surface area contributed by atoms with Crippen LogP contribution in [0, 0.1) is 5.92 Å². The van der Waals surface area contributed by atoms with Crippen molar-refractivity contribution in [1.82, 2.24) is 4.90 Å². The summed E-state index contributed by atoms with van der Waals surface area (Å²) in [7, 11) is 0. The number of ether oxygens (including phenoxy) is 1. The topological polar surface area (TPSA) is 84.7 Å². The zero-order chi connectivity index (χ0) is 20.6. The molecule has 2 heterocycles. The largest absolute Gasteiger partial charge is 0.494 e. The van der Waals surface area contributed by atoms with Crippen molar-refractivity contribution < 1.29 is 14.3 Å². The Hall–Kier alpha value is -2.38. The number of carbonyl (C=O) groups is 2. The fourth-order valence-electron chi connectivity index (χ4n) is 3.69. The number of amides is 2. The molecule has 3 rings (SSSR count). The molecule has 1 aromatic carbocycles. The highest BCUT2D eigenvalue weighted by molar-refractivity contribution is 7.14. The number of nitrogens with zero attached hydrogens (tertiary/aromatic N) is 1. The van der Waals surface area contributed by atoms with E-state index in [4.69, 9.17) is 10.5 Å². The molecule has 0 radical (unpaired) electrons. The minimum absolute atomic E-state index is 0.0946. The van der Waals surface area contributed by atoms with Gasteiger partial charge in [-0.15, -0.1) is 11.3 Å². The molecule has 3 N–H and O–H groups in total. The van der Waals surface area contributed by atoms with Crippen LogP contribution in [0.4, 0.5) is 5.00 Å². The molecule has 1 aliphatic rings. The van der Waals surface area contributed by atoms with E-state index in [0.717, 1.165) is 38.1 Å². The number of nitrogens with two attached hydrogens (primary N) is 1. The Morgan fingerprint density at radius 2 is 1.93 bits per heavy atom. The van der Waals surface area contributed by atoms with Crippen LogP contribution in [-0.4, -0.2) is 43.0 Å². The Morgan fingerprint density at radius 3 is 2.59 bits per heavy atom. The lowest BCUT2D eigenvalue weighted by Crippen LogP contribution is -2.39. The first-order valence-electron chi connectivity index (χ1n) is 10.2. The number of carbonyl (C=O) groups excluding carboxylic acids is 2. The van der Waals surface area contributed by atoms with Crippen LogP contribution < -0.4 is 15.8 Å². The smallest absolute Gasteiger partial charge is 0.251 e. The van der Waals surface area contributed by atoms with Gasteiger partial charge in [-0.2, -0.15) is 0 Å². The lowest BCUT2D eigenvalue weighted by Gasteiger charge is -2.31. The number of thiophene rings is 1. The van der Waals surface area contributed by atoms with Crippen LogP contribution in [0.3, 0.4) is 0 Å². The van der Waals surface area contributed by atoms with E-state index in [1.165, 1.54) is 23.3 Å². The van der Waals surface area contributed by atoms with E-state index in [-0.39, 0.29) is 5.91 Å². The molecular weight excluding hydrogens is 386 g/mol. The normalized spacial score (nSPS) is 15.2. The highest BCUT2D eigenvalue weighted by Gasteiger charge is 2.21. The fourth-order valence-corrected chi connectivity index (χ4v) is 4.50. The van der Waals surface area contributed by atoms with Crippen LogP contribution in [0.5, 0.6) is 5.75 Å². The van der Waals surface area contributed by atoms with Crippen molar-refractivity contribution in [2.45, 2.75) is 32.6 Å². The molecule has 0 bridgehead atoms. The summed E-state index contributed by atoms with van der Waals surface area (Å²) in [5.74, 6) is 1.01. The van der Waals surface area contributed by atoms with E-state index < -0.39 is 5.91 Å². The number of nitrogens with one attached hydrogen (secondary N) is 1. The van der Waals surface area contributed by atoms with Crippen molar-refractivity contribution >= 4 is 28.2 Å². The van der Waals surface area contributed by atoms with Crippen molar-refractivity contribution in [2.75, 3.05) is 31.6 Å². The second-order valence-electron chi connectivity index (χ2n) is 7.41. The Balaban J connectivity index is 1.38. The maximum Gasteiger partial charge on any atom is 0.251 e. The maximum atomic E-state index is 12.3. The number of hydrogen-bond donors (Lipinski definition) is 2. The van der Waals surface area contributed by atoms with E-state index in [1.54, 1.807) is 11.4 Å². The van der Waals surface area contributed by atoms with Crippen LogP contribution in [0.15, 0.2) is 35.7 Å². The molecule has 0 spiro atoms. The highest BCUT2D eigenvalue weighted by Crippen LogP contribution is 2.25. The fraction of sp³-hybridized carbons (Fsp3) is 0.455. The molecule has 0 atom stereocenters. The van der Waals surface area contributed by atoms with Gasteiger partial charge in [-0.05, 0) is 80.8 Å². The summed E-state index contributed by atoms with van der Waals surface area (Å²) in [6.07, 6.45) is 4.46. The van der Waals surface area contributed by atoms with E-state index in [9.17, 15) is 9.59 Å². The van der Waals surface area contributed by atoms with Gasteiger partial charge in [0.2, 0.25) is 5.91 Å². The maximum absolute atomic E-state index is 12.3. The van der Waals surface area contributed by atoms with E-state index in [0.29, 0.717) is 29.6 Å². The quantitative estimate of drug-likeness (QED) is 0.656. The second-order valence-corrected chi connectivity index (χ2v) is 8.33. The summed E-state index contributed by atoms with van der Waals surface area (Å²) < 4.78 is 5.49. The molecule has 0 saturated carbocycles. The molecular formula is C22H29N3O3S. The van der Waals surface area contributed by atoms with Gasteiger partial charge in [-0.25, -0.2) is 0 Å². The molecule has 7 heteroatoms. The van der Waals surface area contributed by atoms with Gasteiger partial charge in [-0.3, -0.25) is 14.5 Å². The molecule has 1 saturated heterocycles. The molecule has 0 unspecified atom stereocenters. The highest BCUT2D eigenvalue weighted by atomic mass is 32.1. The number of rotatable bonds is 9. The van der Waals surface area contributed by atoms with Crippen molar-refractivity contribution in [2.24, 2.45) is 11.7 Å². The van der Waals surface area contributed by atoms with Crippen molar-refractivity contribution in [3.63, 3.8) is 0 Å². The first-order valence-corrected chi connectivity index (χ1v) is 11.0. The third-order valence-corrected chi connectivity index (χ3v) is 6.16. The predicted molar refractivity (Wildman–Crippen MR) is 117 cm³/mol. The molecule has 1 aliphatic heterocycles. The summed E-state index contributed by atoms with van der Waals surface area (Å²) in [6, 6.07) is 10.0. The Labute approximate surface area is 176 Å². The lowest BCUT2D eigenvalue weighted by atomic mass is 9.90. The molecule has 29 heavy (non-hydrogen) atoms. The third-order valence-electron chi connectivity index (χ3n) is 5.33. The first-order chi connectivity index (χ1) is 14.0. The van der Waals surface area contributed by atoms with Gasteiger partial charge >= 0.3 is 0 Å². The number of piperidine rings is 1. The van der Waals surface area contributed by atoms with Gasteiger partial charge < -0.3 is 15.8 Å². The Morgan fingerprint density at radius 1 is 1.21 bits per heavy atom. The zero-order valence-corrected chi connectivity index (χ0v) is 17.7. The van der Waals surface area contributed by atoms with Gasteiger partial charge in [0.05, 0.1) is 18.7 Å². The molecule has 6 nitrogen and oxygen atoms in total. The third kappa shape index (κ3) is 6.30. The number of anilines is 1. The van der Waals surface area contributed by atoms with E-state index in [1.807, 2.05) is 19.1 Å². The van der Waals surface area contributed by atoms with Crippen molar-refractivity contribution in [3.05, 3.63) is 46.8 Å².